The van der Waals surface area contributed by atoms with E-state index in [0.29, 0.717) is 37.3 Å². The molecule has 0 bridgehead atoms. The van der Waals surface area contributed by atoms with Crippen LogP contribution >= 0.6 is 0 Å². The predicted octanol–water partition coefficient (Wildman–Crippen LogP) is 1.79. The van der Waals surface area contributed by atoms with Crippen LogP contribution in [-0.2, 0) is 51.1 Å². The molecule has 0 radical (unpaired) electrons. The minimum Gasteiger partial charge on any atom is -0.458 e. The van der Waals surface area contributed by atoms with Crippen molar-refractivity contribution in [3.8, 4) is 0 Å². The lowest BCUT2D eigenvalue weighted by atomic mass is 9.99. The molecular formula is C41H49F3N6O8. The highest BCUT2D eigenvalue weighted by Crippen LogP contribution is 2.28. The van der Waals surface area contributed by atoms with Gasteiger partial charge in [0, 0.05) is 32.0 Å². The lowest BCUT2D eigenvalue weighted by Crippen LogP contribution is -2.63. The molecule has 14 nitrogen and oxygen atoms in total. The Morgan fingerprint density at radius 2 is 1.48 bits per heavy atom. The SMILES string of the molecule is Cc1ccc(CC(=O)N[C@@H](Cc2cc(F)cc(F)c2)C(=O)N[C@@H]2C(=O)N3CCC[C@H]3C(=O)N3CCCC[C@H]3C(=O)N[C@@H](C)C(=O)N3C[C@H](F)C[C@H]3C(=O)O[C@H]2C)cc1. The molecule has 4 fully saturated rings. The van der Waals surface area contributed by atoms with Gasteiger partial charge in [0.2, 0.25) is 35.4 Å². The van der Waals surface area contributed by atoms with Gasteiger partial charge in [-0.15, -0.1) is 0 Å². The molecule has 4 heterocycles. The molecule has 0 aromatic heterocycles. The Balaban J connectivity index is 1.34. The maximum absolute atomic E-state index is 14.9. The Morgan fingerprint density at radius 3 is 2.19 bits per heavy atom. The molecule has 4 aliphatic heterocycles. The van der Waals surface area contributed by atoms with Crippen LogP contribution in [0.5, 0.6) is 0 Å². The molecule has 4 saturated heterocycles. The summed E-state index contributed by atoms with van der Waals surface area (Å²) < 4.78 is 49.3. The van der Waals surface area contributed by atoms with Crippen molar-refractivity contribution in [2.75, 3.05) is 19.6 Å². The first-order valence-corrected chi connectivity index (χ1v) is 19.8. The fraction of sp³-hybridized carbons (Fsp3) is 0.537. The zero-order valence-corrected chi connectivity index (χ0v) is 32.7. The quantitative estimate of drug-likeness (QED) is 0.355. The molecule has 6 amide bonds. The van der Waals surface area contributed by atoms with Crippen molar-refractivity contribution in [1.82, 2.24) is 30.7 Å². The number of esters is 1. The maximum Gasteiger partial charge on any atom is 0.329 e. The minimum absolute atomic E-state index is 0.0170. The van der Waals surface area contributed by atoms with E-state index in [1.807, 2.05) is 6.92 Å². The second kappa shape index (κ2) is 18.0. The van der Waals surface area contributed by atoms with E-state index in [1.54, 1.807) is 24.3 Å². The third kappa shape index (κ3) is 9.61. The normalized spacial score (nSPS) is 27.6. The van der Waals surface area contributed by atoms with E-state index in [4.69, 9.17) is 4.74 Å². The van der Waals surface area contributed by atoms with E-state index in [-0.39, 0.29) is 31.5 Å². The molecule has 17 heteroatoms. The number of piperidine rings is 1. The third-order valence-electron chi connectivity index (χ3n) is 11.3. The molecule has 4 aliphatic rings. The molecule has 312 valence electrons. The second-order valence-electron chi connectivity index (χ2n) is 15.7. The minimum atomic E-state index is -1.69. The van der Waals surface area contributed by atoms with Crippen LogP contribution in [0.25, 0.3) is 0 Å². The number of benzene rings is 2. The van der Waals surface area contributed by atoms with Crippen molar-refractivity contribution < 1.29 is 51.5 Å². The highest BCUT2D eigenvalue weighted by molar-refractivity contribution is 5.98. The molecule has 0 saturated carbocycles. The smallest absolute Gasteiger partial charge is 0.329 e. The molecule has 0 unspecified atom stereocenters. The average molecular weight is 811 g/mol. The van der Waals surface area contributed by atoms with Gasteiger partial charge in [0.15, 0.2) is 0 Å². The van der Waals surface area contributed by atoms with E-state index in [9.17, 15) is 46.7 Å². The maximum atomic E-state index is 14.9. The van der Waals surface area contributed by atoms with Crippen LogP contribution in [0.15, 0.2) is 42.5 Å². The van der Waals surface area contributed by atoms with Gasteiger partial charge in [-0.1, -0.05) is 29.8 Å². The first kappa shape index (κ1) is 42.1. The van der Waals surface area contributed by atoms with Crippen LogP contribution in [0.3, 0.4) is 0 Å². The van der Waals surface area contributed by atoms with Gasteiger partial charge in [0.1, 0.15) is 60.2 Å². The summed E-state index contributed by atoms with van der Waals surface area (Å²) in [5, 5.41) is 7.85. The molecule has 0 spiro atoms. The van der Waals surface area contributed by atoms with Gasteiger partial charge in [-0.25, -0.2) is 18.0 Å². The van der Waals surface area contributed by atoms with E-state index in [2.05, 4.69) is 16.0 Å². The Kier molecular flexibility index (Phi) is 13.1. The number of halogens is 3. The number of hydrogen-bond donors (Lipinski definition) is 3. The van der Waals surface area contributed by atoms with Gasteiger partial charge < -0.3 is 35.4 Å². The molecule has 6 rings (SSSR count). The standard InChI is InChI=1S/C41H49F3N6O8/c1-22-9-11-25(12-10-22)18-34(51)46-30(17-26-15-27(42)19-28(43)16-26)36(52)47-35-24(3)58-41(57)33-20-29(44)21-50(33)38(54)23(2)45-37(53)31-7-4-5-13-48(31)39(55)32-8-6-14-49(32)40(35)56/h9-12,15-16,19,23-24,29-33,35H,4-8,13-14,17-18,20-21H2,1-3H3,(H,45,53)(H,46,51)(H,47,52)/t23-,24-,29+,30-,31-,32-,33-,35-/m0/s1. The summed E-state index contributed by atoms with van der Waals surface area (Å²) in [6, 6.07) is 1.92. The van der Waals surface area contributed by atoms with E-state index in [0.717, 1.165) is 22.6 Å². The number of ether oxygens (including phenoxy) is 1. The van der Waals surface area contributed by atoms with Crippen LogP contribution in [-0.4, -0.2) is 124 Å². The average Bonchev–Trinajstić information content (AvgIpc) is 3.83. The number of alkyl halides is 1. The van der Waals surface area contributed by atoms with Gasteiger partial charge in [-0.2, -0.15) is 0 Å². The number of carbonyl (C=O) groups excluding carboxylic acids is 7. The Morgan fingerprint density at radius 1 is 0.828 bits per heavy atom. The Labute approximate surface area is 334 Å². The predicted molar refractivity (Wildman–Crippen MR) is 201 cm³/mol. The summed E-state index contributed by atoms with van der Waals surface area (Å²) in [6.07, 6.45) is -1.92. The van der Waals surface area contributed by atoms with Crippen LogP contribution in [0.4, 0.5) is 13.2 Å². The van der Waals surface area contributed by atoms with E-state index < -0.39 is 121 Å². The van der Waals surface area contributed by atoms with Crippen molar-refractivity contribution in [1.29, 1.82) is 0 Å². The number of carbonyl (C=O) groups is 7. The molecule has 3 N–H and O–H groups in total. The van der Waals surface area contributed by atoms with Crippen LogP contribution in [0, 0.1) is 18.6 Å². The van der Waals surface area contributed by atoms with Gasteiger partial charge in [-0.3, -0.25) is 28.8 Å². The largest absolute Gasteiger partial charge is 0.458 e. The summed E-state index contributed by atoms with van der Waals surface area (Å²) in [4.78, 5) is 101. The fourth-order valence-electron chi connectivity index (χ4n) is 8.27. The number of rotatable bonds is 7. The topological polar surface area (TPSA) is 175 Å². The van der Waals surface area contributed by atoms with Gasteiger partial charge in [0.25, 0.3) is 0 Å². The molecular weight excluding hydrogens is 761 g/mol. The zero-order chi connectivity index (χ0) is 41.8. The lowest BCUT2D eigenvalue weighted by molar-refractivity contribution is -0.163. The van der Waals surface area contributed by atoms with Crippen LogP contribution in [0.2, 0.25) is 0 Å². The molecule has 2 aromatic carbocycles. The number of hydrogen-bond acceptors (Lipinski definition) is 8. The number of nitrogens with one attached hydrogen (secondary N) is 3. The Hall–Kier alpha value is -5.48. The highest BCUT2D eigenvalue weighted by Gasteiger charge is 2.48. The molecule has 0 aliphatic carbocycles. The van der Waals surface area contributed by atoms with Crippen LogP contribution in [0.1, 0.15) is 69.1 Å². The number of nitrogens with zero attached hydrogens (tertiary/aromatic N) is 3. The van der Waals surface area contributed by atoms with Gasteiger partial charge >= 0.3 is 5.97 Å². The van der Waals surface area contributed by atoms with Crippen molar-refractivity contribution in [3.63, 3.8) is 0 Å². The van der Waals surface area contributed by atoms with Gasteiger partial charge in [-0.05, 0) is 76.1 Å². The lowest BCUT2D eigenvalue weighted by Gasteiger charge is -2.39. The van der Waals surface area contributed by atoms with Crippen molar-refractivity contribution in [2.24, 2.45) is 0 Å². The monoisotopic (exact) mass is 810 g/mol. The molecule has 2 aromatic rings. The summed E-state index contributed by atoms with van der Waals surface area (Å²) in [6.45, 7) is 4.44. The summed E-state index contributed by atoms with van der Waals surface area (Å²) in [5.41, 5.74) is 1.59. The first-order chi connectivity index (χ1) is 27.6. The molecule has 58 heavy (non-hydrogen) atoms. The fourth-order valence-corrected chi connectivity index (χ4v) is 8.27. The summed E-state index contributed by atoms with van der Waals surface area (Å²) in [7, 11) is 0. The molecule has 8 atom stereocenters. The summed E-state index contributed by atoms with van der Waals surface area (Å²) >= 11 is 0. The van der Waals surface area contributed by atoms with Gasteiger partial charge in [0.05, 0.1) is 13.0 Å². The third-order valence-corrected chi connectivity index (χ3v) is 11.3. The zero-order valence-electron chi connectivity index (χ0n) is 32.7. The first-order valence-electron chi connectivity index (χ1n) is 19.8. The highest BCUT2D eigenvalue weighted by atomic mass is 19.1. The van der Waals surface area contributed by atoms with Crippen LogP contribution < -0.4 is 16.0 Å². The van der Waals surface area contributed by atoms with Crippen molar-refractivity contribution in [2.45, 2.75) is 121 Å². The Bertz CT molecular complexity index is 1910. The van der Waals surface area contributed by atoms with E-state index >= 15 is 0 Å². The second-order valence-corrected chi connectivity index (χ2v) is 15.7. The number of aryl methyl sites for hydroxylation is 1. The van der Waals surface area contributed by atoms with Crippen molar-refractivity contribution >= 4 is 41.4 Å². The summed E-state index contributed by atoms with van der Waals surface area (Å²) in [5.74, 6) is -7.15. The number of fused-ring (bicyclic) bond motifs is 3. The van der Waals surface area contributed by atoms with E-state index in [1.165, 1.54) is 23.6 Å². The number of amides is 6. The number of cyclic esters (lactones) is 1. The van der Waals surface area contributed by atoms with Crippen molar-refractivity contribution in [3.05, 3.63) is 70.8 Å².